The van der Waals surface area contributed by atoms with E-state index in [1.165, 1.54) is 22.2 Å². The van der Waals surface area contributed by atoms with Crippen LogP contribution in [-0.4, -0.2) is 27.9 Å². The number of fused-ring (bicyclic) bond motifs is 1. The number of benzene rings is 1. The highest BCUT2D eigenvalue weighted by molar-refractivity contribution is 7.16. The molecule has 8 heteroatoms. The lowest BCUT2D eigenvalue weighted by Gasteiger charge is -2.20. The Morgan fingerprint density at radius 1 is 1.22 bits per heavy atom. The van der Waals surface area contributed by atoms with Gasteiger partial charge < -0.3 is 10.2 Å². The van der Waals surface area contributed by atoms with Gasteiger partial charge in [0.25, 0.3) is 5.56 Å². The van der Waals surface area contributed by atoms with Gasteiger partial charge in [0.15, 0.2) is 0 Å². The van der Waals surface area contributed by atoms with E-state index in [9.17, 15) is 14.4 Å². The Hall–Kier alpha value is -3.00. The zero-order valence-corrected chi connectivity index (χ0v) is 15.4. The van der Waals surface area contributed by atoms with Crippen LogP contribution in [0, 0.1) is 0 Å². The molecule has 7 nitrogen and oxygen atoms in total. The molecule has 1 fully saturated rings. The highest BCUT2D eigenvalue weighted by atomic mass is 32.1. The van der Waals surface area contributed by atoms with Crippen molar-refractivity contribution in [2.45, 2.75) is 25.8 Å². The number of anilines is 2. The molecule has 0 atom stereocenters. The summed E-state index contributed by atoms with van der Waals surface area (Å²) in [6, 6.07) is 9.02. The largest absolute Gasteiger partial charge is 0.324 e. The van der Waals surface area contributed by atoms with E-state index >= 15 is 0 Å². The van der Waals surface area contributed by atoms with Gasteiger partial charge in [-0.05, 0) is 30.0 Å². The summed E-state index contributed by atoms with van der Waals surface area (Å²) in [7, 11) is 0. The number of amides is 2. The number of nitrogens with zero attached hydrogens (tertiary/aromatic N) is 3. The molecule has 1 aliphatic rings. The Kier molecular flexibility index (Phi) is 4.72. The first-order chi connectivity index (χ1) is 13.1. The van der Waals surface area contributed by atoms with Crippen molar-refractivity contribution in [2.75, 3.05) is 16.8 Å². The lowest BCUT2D eigenvalue weighted by molar-refractivity contribution is -0.117. The van der Waals surface area contributed by atoms with Crippen molar-refractivity contribution in [3.05, 3.63) is 52.4 Å². The second kappa shape index (κ2) is 7.32. The molecule has 0 radical (unpaired) electrons. The Balaban J connectivity index is 1.46. The minimum absolute atomic E-state index is 0.0680. The Labute approximate surface area is 159 Å². The Bertz CT molecular complexity index is 1070. The molecule has 0 aliphatic carbocycles. The average molecular weight is 382 g/mol. The molecular formula is C19H18N4O3S. The zero-order valence-electron chi connectivity index (χ0n) is 14.6. The van der Waals surface area contributed by atoms with Crippen molar-refractivity contribution in [2.24, 2.45) is 0 Å². The van der Waals surface area contributed by atoms with Crippen LogP contribution in [0.3, 0.4) is 0 Å². The minimum Gasteiger partial charge on any atom is -0.324 e. The van der Waals surface area contributed by atoms with Gasteiger partial charge in [0.05, 0.1) is 23.1 Å². The van der Waals surface area contributed by atoms with Crippen molar-refractivity contribution in [3.8, 4) is 0 Å². The molecule has 1 aliphatic heterocycles. The Morgan fingerprint density at radius 3 is 2.89 bits per heavy atom. The fourth-order valence-corrected chi connectivity index (χ4v) is 3.93. The molecule has 0 unspecified atom stereocenters. The van der Waals surface area contributed by atoms with Crippen LogP contribution >= 0.6 is 11.3 Å². The summed E-state index contributed by atoms with van der Waals surface area (Å²) in [5, 5.41) is 5.26. The quantitative estimate of drug-likeness (QED) is 0.735. The summed E-state index contributed by atoms with van der Waals surface area (Å²) in [5.41, 5.74) is 1.18. The van der Waals surface area contributed by atoms with Crippen molar-refractivity contribution < 1.29 is 9.59 Å². The van der Waals surface area contributed by atoms with Gasteiger partial charge in [0.1, 0.15) is 4.83 Å². The number of carbonyl (C=O) groups is 2. The van der Waals surface area contributed by atoms with Gasteiger partial charge >= 0.3 is 0 Å². The normalized spacial score (nSPS) is 14.1. The van der Waals surface area contributed by atoms with Gasteiger partial charge in [-0.25, -0.2) is 4.98 Å². The molecule has 0 spiro atoms. The minimum atomic E-state index is -0.216. The van der Waals surface area contributed by atoms with E-state index in [1.807, 2.05) is 23.6 Å². The number of hydrogen-bond donors (Lipinski definition) is 1. The fourth-order valence-electron chi connectivity index (χ4n) is 3.20. The summed E-state index contributed by atoms with van der Waals surface area (Å²) < 4.78 is 1.45. The van der Waals surface area contributed by atoms with Crippen LogP contribution in [-0.2, 0) is 16.1 Å². The van der Waals surface area contributed by atoms with Crippen LogP contribution < -0.4 is 15.8 Å². The van der Waals surface area contributed by atoms with Gasteiger partial charge in [0.2, 0.25) is 11.8 Å². The lowest BCUT2D eigenvalue weighted by Crippen LogP contribution is -2.26. The SMILES string of the molecule is O=C(CCn1cnc2sccc2c1=O)Nc1ccccc1N1CCCC1=O. The molecule has 0 bridgehead atoms. The van der Waals surface area contributed by atoms with Crippen LogP contribution in [0.5, 0.6) is 0 Å². The van der Waals surface area contributed by atoms with E-state index in [4.69, 9.17) is 0 Å². The molecule has 3 heterocycles. The molecule has 1 N–H and O–H groups in total. The highest BCUT2D eigenvalue weighted by Gasteiger charge is 2.24. The average Bonchev–Trinajstić information content (AvgIpc) is 3.31. The maximum atomic E-state index is 12.4. The highest BCUT2D eigenvalue weighted by Crippen LogP contribution is 2.29. The third-order valence-corrected chi connectivity index (χ3v) is 5.39. The van der Waals surface area contributed by atoms with Crippen LogP contribution in [0.15, 0.2) is 46.8 Å². The maximum Gasteiger partial charge on any atom is 0.262 e. The first-order valence-electron chi connectivity index (χ1n) is 8.75. The molecular weight excluding hydrogens is 364 g/mol. The van der Waals surface area contributed by atoms with Gasteiger partial charge in [-0.1, -0.05) is 12.1 Å². The second-order valence-electron chi connectivity index (χ2n) is 6.35. The summed E-state index contributed by atoms with van der Waals surface area (Å²) in [5.74, 6) is -0.148. The molecule has 2 aromatic heterocycles. The molecule has 138 valence electrons. The number of aryl methyl sites for hydroxylation is 1. The van der Waals surface area contributed by atoms with Crippen LogP contribution in [0.2, 0.25) is 0 Å². The van der Waals surface area contributed by atoms with Crippen LogP contribution in [0.1, 0.15) is 19.3 Å². The molecule has 3 aromatic rings. The Morgan fingerprint density at radius 2 is 2.07 bits per heavy atom. The van der Waals surface area contributed by atoms with Crippen molar-refractivity contribution >= 4 is 44.7 Å². The van der Waals surface area contributed by atoms with Crippen molar-refractivity contribution in [1.82, 2.24) is 9.55 Å². The second-order valence-corrected chi connectivity index (χ2v) is 7.24. The monoisotopic (exact) mass is 382 g/mol. The smallest absolute Gasteiger partial charge is 0.262 e. The molecule has 1 aromatic carbocycles. The predicted octanol–water partition coefficient (Wildman–Crippen LogP) is 2.61. The number of para-hydroxylation sites is 2. The standard InChI is InChI=1S/C19H18N4O3S/c24-16(7-10-22-12-20-18-13(19(22)26)8-11-27-18)21-14-4-1-2-5-15(14)23-9-3-6-17(23)25/h1-2,4-5,8,11-12H,3,6-7,9-10H2,(H,21,24). The van der Waals surface area contributed by atoms with Crippen LogP contribution in [0.25, 0.3) is 10.2 Å². The van der Waals surface area contributed by atoms with Gasteiger partial charge in [-0.15, -0.1) is 11.3 Å². The van der Waals surface area contributed by atoms with E-state index in [0.717, 1.165) is 6.42 Å². The molecule has 2 amide bonds. The topological polar surface area (TPSA) is 84.3 Å². The van der Waals surface area contributed by atoms with E-state index in [-0.39, 0.29) is 30.3 Å². The first-order valence-corrected chi connectivity index (χ1v) is 9.63. The van der Waals surface area contributed by atoms with E-state index in [0.29, 0.717) is 34.6 Å². The van der Waals surface area contributed by atoms with E-state index in [1.54, 1.807) is 17.0 Å². The summed E-state index contributed by atoms with van der Waals surface area (Å²) in [4.78, 5) is 43.5. The van der Waals surface area contributed by atoms with Crippen molar-refractivity contribution in [1.29, 1.82) is 0 Å². The first kappa shape index (κ1) is 17.4. The van der Waals surface area contributed by atoms with E-state index < -0.39 is 0 Å². The zero-order chi connectivity index (χ0) is 18.8. The number of carbonyl (C=O) groups excluding carboxylic acids is 2. The molecule has 0 saturated carbocycles. The number of aromatic nitrogens is 2. The third-order valence-electron chi connectivity index (χ3n) is 4.57. The van der Waals surface area contributed by atoms with Crippen LogP contribution in [0.4, 0.5) is 11.4 Å². The maximum absolute atomic E-state index is 12.4. The molecule has 27 heavy (non-hydrogen) atoms. The summed E-state index contributed by atoms with van der Waals surface area (Å²) in [6.45, 7) is 0.904. The summed E-state index contributed by atoms with van der Waals surface area (Å²) >= 11 is 1.41. The molecule has 1 saturated heterocycles. The number of thiophene rings is 1. The lowest BCUT2D eigenvalue weighted by atomic mass is 10.2. The number of hydrogen-bond acceptors (Lipinski definition) is 5. The number of rotatable bonds is 5. The van der Waals surface area contributed by atoms with E-state index in [2.05, 4.69) is 10.3 Å². The third kappa shape index (κ3) is 3.48. The molecule has 4 rings (SSSR count). The number of nitrogens with one attached hydrogen (secondary N) is 1. The van der Waals surface area contributed by atoms with Crippen molar-refractivity contribution in [3.63, 3.8) is 0 Å². The van der Waals surface area contributed by atoms with Gasteiger partial charge in [-0.3, -0.25) is 19.0 Å². The predicted molar refractivity (Wildman–Crippen MR) is 105 cm³/mol. The van der Waals surface area contributed by atoms with Gasteiger partial charge in [-0.2, -0.15) is 0 Å². The van der Waals surface area contributed by atoms with Gasteiger partial charge in [0, 0.05) is 25.9 Å². The summed E-state index contributed by atoms with van der Waals surface area (Å²) in [6.07, 6.45) is 2.97. The fraction of sp³-hybridized carbons (Fsp3) is 0.263.